The minimum absolute atomic E-state index is 0.342. The number of fused-ring (bicyclic) bond motifs is 1. The summed E-state index contributed by atoms with van der Waals surface area (Å²) in [4.78, 5) is 0. The summed E-state index contributed by atoms with van der Waals surface area (Å²) in [6.07, 6.45) is 0.972. The molecule has 1 aliphatic heterocycles. The van der Waals surface area contributed by atoms with Crippen molar-refractivity contribution >= 4 is 0 Å². The molecule has 2 aromatic carbocycles. The van der Waals surface area contributed by atoms with Gasteiger partial charge < -0.3 is 14.8 Å². The molecule has 2 aromatic rings. The molecule has 3 heteroatoms. The molecule has 1 heterocycles. The van der Waals surface area contributed by atoms with Crippen LogP contribution in [0.1, 0.15) is 11.1 Å². The number of para-hydroxylation sites is 1. The quantitative estimate of drug-likeness (QED) is 0.926. The maximum absolute atomic E-state index is 5.86. The molecule has 0 amide bonds. The molecule has 1 aliphatic rings. The number of benzene rings is 2. The van der Waals surface area contributed by atoms with Crippen LogP contribution in [0.3, 0.4) is 0 Å². The van der Waals surface area contributed by atoms with E-state index >= 15 is 0 Å². The second kappa shape index (κ2) is 5.97. The molecule has 3 nitrogen and oxygen atoms in total. The van der Waals surface area contributed by atoms with E-state index in [0.717, 1.165) is 24.5 Å². The van der Waals surface area contributed by atoms with Gasteiger partial charge in [0.1, 0.15) is 6.61 Å². The van der Waals surface area contributed by atoms with E-state index in [1.165, 1.54) is 11.1 Å². The minimum atomic E-state index is 0.342. The maximum atomic E-state index is 5.86. The highest BCUT2D eigenvalue weighted by molar-refractivity contribution is 5.48. The van der Waals surface area contributed by atoms with Crippen LogP contribution in [-0.4, -0.2) is 19.8 Å². The molecule has 104 valence electrons. The summed E-state index contributed by atoms with van der Waals surface area (Å²) in [5, 5.41) is 3.55. The van der Waals surface area contributed by atoms with Gasteiger partial charge in [-0.2, -0.15) is 0 Å². The van der Waals surface area contributed by atoms with Crippen LogP contribution in [0.5, 0.6) is 11.5 Å². The lowest BCUT2D eigenvalue weighted by atomic mass is 10.0. The van der Waals surface area contributed by atoms with Crippen LogP contribution in [-0.2, 0) is 13.0 Å². The third-order valence-electron chi connectivity index (χ3n) is 3.61. The smallest absolute Gasteiger partial charge is 0.164 e. The standard InChI is InChI=1S/C17H19NO2/c1-19-16-9-5-8-14-10-15(12-20-17(14)16)18-11-13-6-3-2-4-7-13/h2-9,15,18H,10-12H2,1H3. The zero-order valence-electron chi connectivity index (χ0n) is 11.6. The van der Waals surface area contributed by atoms with Gasteiger partial charge in [-0.25, -0.2) is 0 Å². The molecule has 0 bridgehead atoms. The summed E-state index contributed by atoms with van der Waals surface area (Å²) in [5.41, 5.74) is 2.50. The first kappa shape index (κ1) is 13.0. The summed E-state index contributed by atoms with van der Waals surface area (Å²) >= 11 is 0. The van der Waals surface area contributed by atoms with Crippen molar-refractivity contribution in [3.8, 4) is 11.5 Å². The fraction of sp³-hybridized carbons (Fsp3) is 0.294. The lowest BCUT2D eigenvalue weighted by Gasteiger charge is -2.27. The molecule has 1 unspecified atom stereocenters. The Morgan fingerprint density at radius 2 is 2.00 bits per heavy atom. The van der Waals surface area contributed by atoms with E-state index in [9.17, 15) is 0 Å². The Bertz CT molecular complexity index is 568. The highest BCUT2D eigenvalue weighted by atomic mass is 16.5. The van der Waals surface area contributed by atoms with Crippen LogP contribution in [0, 0.1) is 0 Å². The molecule has 0 radical (unpaired) electrons. The van der Waals surface area contributed by atoms with Crippen molar-refractivity contribution in [1.29, 1.82) is 0 Å². The zero-order valence-corrected chi connectivity index (χ0v) is 11.6. The molecule has 0 fully saturated rings. The average Bonchev–Trinajstić information content (AvgIpc) is 2.53. The van der Waals surface area contributed by atoms with Gasteiger partial charge in [0.25, 0.3) is 0 Å². The molecule has 0 saturated heterocycles. The van der Waals surface area contributed by atoms with Gasteiger partial charge in [0.2, 0.25) is 0 Å². The maximum Gasteiger partial charge on any atom is 0.164 e. The number of hydrogen-bond acceptors (Lipinski definition) is 3. The molecule has 0 aromatic heterocycles. The fourth-order valence-electron chi connectivity index (χ4n) is 2.54. The lowest BCUT2D eigenvalue weighted by molar-refractivity contribution is 0.226. The minimum Gasteiger partial charge on any atom is -0.493 e. The van der Waals surface area contributed by atoms with Crippen molar-refractivity contribution in [2.24, 2.45) is 0 Å². The van der Waals surface area contributed by atoms with Gasteiger partial charge in [-0.3, -0.25) is 0 Å². The lowest BCUT2D eigenvalue weighted by Crippen LogP contribution is -2.38. The normalized spacial score (nSPS) is 17.1. The van der Waals surface area contributed by atoms with E-state index in [2.05, 4.69) is 35.6 Å². The van der Waals surface area contributed by atoms with E-state index in [1.54, 1.807) is 7.11 Å². The van der Waals surface area contributed by atoms with Crippen LogP contribution in [0.25, 0.3) is 0 Å². The van der Waals surface area contributed by atoms with Crippen molar-refractivity contribution in [2.45, 2.75) is 19.0 Å². The average molecular weight is 269 g/mol. The molecule has 0 aliphatic carbocycles. The Labute approximate surface area is 119 Å². The molecule has 1 atom stereocenters. The van der Waals surface area contributed by atoms with Gasteiger partial charge >= 0.3 is 0 Å². The Hall–Kier alpha value is -2.00. The van der Waals surface area contributed by atoms with Gasteiger partial charge in [-0.15, -0.1) is 0 Å². The van der Waals surface area contributed by atoms with Crippen LogP contribution in [0.2, 0.25) is 0 Å². The van der Waals surface area contributed by atoms with Gasteiger partial charge in [0.05, 0.1) is 7.11 Å². The first-order chi connectivity index (χ1) is 9.86. The number of rotatable bonds is 4. The van der Waals surface area contributed by atoms with Gasteiger partial charge in [0.15, 0.2) is 11.5 Å². The Balaban J connectivity index is 1.64. The monoisotopic (exact) mass is 269 g/mol. The van der Waals surface area contributed by atoms with Crippen molar-refractivity contribution < 1.29 is 9.47 Å². The van der Waals surface area contributed by atoms with Gasteiger partial charge in [0, 0.05) is 12.6 Å². The summed E-state index contributed by atoms with van der Waals surface area (Å²) in [7, 11) is 1.68. The highest BCUT2D eigenvalue weighted by Gasteiger charge is 2.22. The van der Waals surface area contributed by atoms with Crippen molar-refractivity contribution in [3.05, 3.63) is 59.7 Å². The largest absolute Gasteiger partial charge is 0.493 e. The first-order valence-corrected chi connectivity index (χ1v) is 6.93. The van der Waals surface area contributed by atoms with E-state index in [4.69, 9.17) is 9.47 Å². The zero-order chi connectivity index (χ0) is 13.8. The van der Waals surface area contributed by atoms with Crippen molar-refractivity contribution in [1.82, 2.24) is 5.32 Å². The van der Waals surface area contributed by atoms with E-state index < -0.39 is 0 Å². The number of ether oxygens (including phenoxy) is 2. The molecular weight excluding hydrogens is 250 g/mol. The predicted molar refractivity (Wildman–Crippen MR) is 79.3 cm³/mol. The molecule has 0 saturated carbocycles. The second-order valence-corrected chi connectivity index (χ2v) is 5.03. The van der Waals surface area contributed by atoms with Crippen LogP contribution in [0.15, 0.2) is 48.5 Å². The summed E-state index contributed by atoms with van der Waals surface area (Å²) in [6, 6.07) is 16.8. The summed E-state index contributed by atoms with van der Waals surface area (Å²) in [6.45, 7) is 1.55. The third-order valence-corrected chi connectivity index (χ3v) is 3.61. The Kier molecular flexibility index (Phi) is 3.88. The topological polar surface area (TPSA) is 30.5 Å². The third kappa shape index (κ3) is 2.78. The van der Waals surface area contributed by atoms with E-state index in [-0.39, 0.29) is 0 Å². The second-order valence-electron chi connectivity index (χ2n) is 5.03. The Morgan fingerprint density at radius 1 is 1.15 bits per heavy atom. The number of hydrogen-bond donors (Lipinski definition) is 1. The summed E-state index contributed by atoms with van der Waals surface area (Å²) < 4.78 is 11.2. The molecule has 0 spiro atoms. The fourth-order valence-corrected chi connectivity index (χ4v) is 2.54. The SMILES string of the molecule is COc1cccc2c1OCC(NCc1ccccc1)C2. The molecular formula is C17H19NO2. The van der Waals surface area contributed by atoms with Crippen LogP contribution < -0.4 is 14.8 Å². The number of methoxy groups -OCH3 is 1. The number of nitrogens with one attached hydrogen (secondary N) is 1. The predicted octanol–water partition coefficient (Wildman–Crippen LogP) is 2.79. The first-order valence-electron chi connectivity index (χ1n) is 6.93. The van der Waals surface area contributed by atoms with Crippen LogP contribution >= 0.6 is 0 Å². The van der Waals surface area contributed by atoms with Crippen LogP contribution in [0.4, 0.5) is 0 Å². The van der Waals surface area contributed by atoms with Crippen molar-refractivity contribution in [3.63, 3.8) is 0 Å². The van der Waals surface area contributed by atoms with E-state index in [1.807, 2.05) is 18.2 Å². The van der Waals surface area contributed by atoms with Crippen molar-refractivity contribution in [2.75, 3.05) is 13.7 Å². The molecule has 1 N–H and O–H groups in total. The van der Waals surface area contributed by atoms with E-state index in [0.29, 0.717) is 12.6 Å². The Morgan fingerprint density at radius 3 is 2.80 bits per heavy atom. The summed E-state index contributed by atoms with van der Waals surface area (Å²) in [5.74, 6) is 1.72. The highest BCUT2D eigenvalue weighted by Crippen LogP contribution is 2.34. The molecule has 20 heavy (non-hydrogen) atoms. The van der Waals surface area contributed by atoms with Gasteiger partial charge in [-0.1, -0.05) is 42.5 Å². The van der Waals surface area contributed by atoms with Gasteiger partial charge in [-0.05, 0) is 23.6 Å². The molecule has 3 rings (SSSR count).